The number of aliphatic hydroxyl groups is 1. The molecule has 0 amide bonds. The molecule has 140 valence electrons. The molecule has 26 heavy (non-hydrogen) atoms. The van der Waals surface area contributed by atoms with Crippen molar-refractivity contribution >= 4 is 28.9 Å². The number of benzene rings is 2. The number of ether oxygens (including phenoxy) is 1. The Morgan fingerprint density at radius 2 is 1.81 bits per heavy atom. The Morgan fingerprint density at radius 1 is 1.08 bits per heavy atom. The molecule has 0 spiro atoms. The fourth-order valence-corrected chi connectivity index (χ4v) is 3.34. The van der Waals surface area contributed by atoms with E-state index in [-0.39, 0.29) is 12.4 Å². The van der Waals surface area contributed by atoms with Crippen molar-refractivity contribution in [3.63, 3.8) is 0 Å². The lowest BCUT2D eigenvalue weighted by atomic mass is 10.2. The molecule has 1 aliphatic rings. The molecule has 3 rings (SSSR count). The van der Waals surface area contributed by atoms with Crippen molar-refractivity contribution < 1.29 is 14.2 Å². The summed E-state index contributed by atoms with van der Waals surface area (Å²) in [5.74, 6) is 0.260. The van der Waals surface area contributed by atoms with Crippen molar-refractivity contribution in [1.29, 1.82) is 0 Å². The second kappa shape index (κ2) is 8.91. The van der Waals surface area contributed by atoms with Gasteiger partial charge in [0.25, 0.3) is 0 Å². The SMILES string of the molecule is O[C@H](COc1cc(Cl)ccc1Cl)CN1CCN(c2ccccc2F)CC1. The fraction of sp³-hybridized carbons (Fsp3) is 0.368. The van der Waals surface area contributed by atoms with Crippen LogP contribution in [-0.4, -0.2) is 55.4 Å². The van der Waals surface area contributed by atoms with Gasteiger partial charge in [-0.3, -0.25) is 4.90 Å². The summed E-state index contributed by atoms with van der Waals surface area (Å²) in [6, 6.07) is 11.8. The van der Waals surface area contributed by atoms with E-state index < -0.39 is 6.10 Å². The summed E-state index contributed by atoms with van der Waals surface area (Å²) in [4.78, 5) is 4.17. The number of halogens is 3. The van der Waals surface area contributed by atoms with E-state index in [0.717, 1.165) is 13.1 Å². The Morgan fingerprint density at radius 3 is 2.54 bits per heavy atom. The van der Waals surface area contributed by atoms with Crippen LogP contribution in [0.25, 0.3) is 0 Å². The van der Waals surface area contributed by atoms with Gasteiger partial charge in [-0.25, -0.2) is 4.39 Å². The highest BCUT2D eigenvalue weighted by Gasteiger charge is 2.21. The molecule has 7 heteroatoms. The third-order valence-electron chi connectivity index (χ3n) is 4.36. The molecule has 0 aliphatic carbocycles. The highest BCUT2D eigenvalue weighted by Crippen LogP contribution is 2.27. The average molecular weight is 399 g/mol. The van der Waals surface area contributed by atoms with Crippen LogP contribution in [0.15, 0.2) is 42.5 Å². The molecular weight excluding hydrogens is 378 g/mol. The molecule has 1 saturated heterocycles. The molecule has 1 aliphatic heterocycles. The van der Waals surface area contributed by atoms with Gasteiger partial charge in [-0.15, -0.1) is 0 Å². The monoisotopic (exact) mass is 398 g/mol. The quantitative estimate of drug-likeness (QED) is 0.804. The maximum absolute atomic E-state index is 13.9. The van der Waals surface area contributed by atoms with Gasteiger partial charge >= 0.3 is 0 Å². The molecular formula is C19H21Cl2FN2O2. The topological polar surface area (TPSA) is 35.9 Å². The number of hydrogen-bond acceptors (Lipinski definition) is 4. The first-order valence-corrected chi connectivity index (χ1v) is 9.26. The minimum Gasteiger partial charge on any atom is -0.489 e. The Hall–Kier alpha value is -1.53. The smallest absolute Gasteiger partial charge is 0.146 e. The zero-order valence-electron chi connectivity index (χ0n) is 14.2. The molecule has 1 heterocycles. The number of nitrogens with zero attached hydrogens (tertiary/aromatic N) is 2. The summed E-state index contributed by atoms with van der Waals surface area (Å²) in [5, 5.41) is 11.2. The number of β-amino-alcohol motifs (C(OH)–C–C–N with tert-alkyl or cyclic N) is 1. The van der Waals surface area contributed by atoms with Crippen LogP contribution in [0.4, 0.5) is 10.1 Å². The van der Waals surface area contributed by atoms with E-state index in [1.165, 1.54) is 6.07 Å². The lowest BCUT2D eigenvalue weighted by molar-refractivity contribution is 0.0663. The number of aliphatic hydroxyl groups excluding tert-OH is 1. The highest BCUT2D eigenvalue weighted by molar-refractivity contribution is 6.34. The van der Waals surface area contributed by atoms with E-state index in [0.29, 0.717) is 41.1 Å². The summed E-state index contributed by atoms with van der Waals surface area (Å²) in [6.45, 7) is 3.56. The molecule has 1 N–H and O–H groups in total. The predicted octanol–water partition coefficient (Wildman–Crippen LogP) is 3.69. The van der Waals surface area contributed by atoms with Crippen LogP contribution in [0.2, 0.25) is 10.0 Å². The lowest BCUT2D eigenvalue weighted by Gasteiger charge is -2.36. The van der Waals surface area contributed by atoms with Crippen molar-refractivity contribution in [2.75, 3.05) is 44.2 Å². The van der Waals surface area contributed by atoms with Crippen LogP contribution < -0.4 is 9.64 Å². The van der Waals surface area contributed by atoms with Crippen LogP contribution in [0.5, 0.6) is 5.75 Å². The van der Waals surface area contributed by atoms with Gasteiger partial charge in [0.15, 0.2) is 0 Å². The maximum atomic E-state index is 13.9. The van der Waals surface area contributed by atoms with E-state index in [2.05, 4.69) is 4.90 Å². The molecule has 2 aromatic rings. The van der Waals surface area contributed by atoms with Crippen molar-refractivity contribution in [1.82, 2.24) is 4.90 Å². The number of para-hydroxylation sites is 1. The largest absolute Gasteiger partial charge is 0.489 e. The Labute approximate surface area is 162 Å². The first-order valence-electron chi connectivity index (χ1n) is 8.50. The van der Waals surface area contributed by atoms with Gasteiger partial charge in [0, 0.05) is 43.8 Å². The van der Waals surface area contributed by atoms with E-state index in [1.807, 2.05) is 11.0 Å². The van der Waals surface area contributed by atoms with Gasteiger partial charge in [-0.2, -0.15) is 0 Å². The number of rotatable bonds is 6. The molecule has 4 nitrogen and oxygen atoms in total. The molecule has 1 atom stereocenters. The molecule has 2 aromatic carbocycles. The molecule has 0 bridgehead atoms. The Balaban J connectivity index is 1.45. The van der Waals surface area contributed by atoms with Gasteiger partial charge in [-0.05, 0) is 24.3 Å². The molecule has 0 radical (unpaired) electrons. The third kappa shape index (κ3) is 5.01. The second-order valence-corrected chi connectivity index (χ2v) is 7.12. The van der Waals surface area contributed by atoms with Gasteiger partial charge < -0.3 is 14.7 Å². The normalized spacial score (nSPS) is 16.5. The second-order valence-electron chi connectivity index (χ2n) is 6.28. The molecule has 0 unspecified atom stereocenters. The fourth-order valence-electron chi connectivity index (χ4n) is 3.00. The number of hydrogen-bond donors (Lipinski definition) is 1. The van der Waals surface area contributed by atoms with Gasteiger partial charge in [-0.1, -0.05) is 35.3 Å². The van der Waals surface area contributed by atoms with Crippen molar-refractivity contribution in [2.45, 2.75) is 6.10 Å². The van der Waals surface area contributed by atoms with Crippen LogP contribution >= 0.6 is 23.2 Å². The lowest BCUT2D eigenvalue weighted by Crippen LogP contribution is -2.49. The zero-order valence-corrected chi connectivity index (χ0v) is 15.8. The first-order chi connectivity index (χ1) is 12.5. The minimum absolute atomic E-state index is 0.133. The molecule has 0 aromatic heterocycles. The number of piperazine rings is 1. The van der Waals surface area contributed by atoms with Crippen molar-refractivity contribution in [2.24, 2.45) is 0 Å². The van der Waals surface area contributed by atoms with Crippen molar-refractivity contribution in [3.05, 3.63) is 58.3 Å². The summed E-state index contributed by atoms with van der Waals surface area (Å²) < 4.78 is 19.4. The predicted molar refractivity (Wildman–Crippen MR) is 103 cm³/mol. The number of anilines is 1. The summed E-state index contributed by atoms with van der Waals surface area (Å²) >= 11 is 12.0. The van der Waals surface area contributed by atoms with Crippen molar-refractivity contribution in [3.8, 4) is 5.75 Å². The standard InChI is InChI=1S/C19H21Cl2FN2O2/c20-14-5-6-16(21)19(11-14)26-13-15(25)12-23-7-9-24(10-8-23)18-4-2-1-3-17(18)22/h1-6,11,15,25H,7-10,12-13H2/t15-/m0/s1. The maximum Gasteiger partial charge on any atom is 0.146 e. The van der Waals surface area contributed by atoms with Gasteiger partial charge in [0.05, 0.1) is 10.7 Å². The van der Waals surface area contributed by atoms with Gasteiger partial charge in [0.1, 0.15) is 24.3 Å². The third-order valence-corrected chi connectivity index (χ3v) is 4.91. The van der Waals surface area contributed by atoms with E-state index in [4.69, 9.17) is 27.9 Å². The Kier molecular flexibility index (Phi) is 6.59. The van der Waals surface area contributed by atoms with E-state index in [1.54, 1.807) is 30.3 Å². The van der Waals surface area contributed by atoms with Crippen LogP contribution in [-0.2, 0) is 0 Å². The van der Waals surface area contributed by atoms with Crippen LogP contribution in [0, 0.1) is 5.82 Å². The van der Waals surface area contributed by atoms with Crippen LogP contribution in [0.3, 0.4) is 0 Å². The van der Waals surface area contributed by atoms with Crippen LogP contribution in [0.1, 0.15) is 0 Å². The van der Waals surface area contributed by atoms with E-state index >= 15 is 0 Å². The molecule has 0 saturated carbocycles. The Bertz CT molecular complexity index is 739. The first kappa shape index (κ1) is 19.2. The summed E-state index contributed by atoms with van der Waals surface area (Å²) in [6.07, 6.45) is -0.648. The zero-order chi connectivity index (χ0) is 18.5. The van der Waals surface area contributed by atoms with Gasteiger partial charge in [0.2, 0.25) is 0 Å². The average Bonchev–Trinajstić information content (AvgIpc) is 2.64. The highest BCUT2D eigenvalue weighted by atomic mass is 35.5. The molecule has 1 fully saturated rings. The summed E-state index contributed by atoms with van der Waals surface area (Å²) in [5.41, 5.74) is 0.631. The van der Waals surface area contributed by atoms with E-state index in [9.17, 15) is 9.50 Å². The minimum atomic E-state index is -0.648. The summed E-state index contributed by atoms with van der Waals surface area (Å²) in [7, 11) is 0.